The minimum absolute atomic E-state index is 0.0248. The highest BCUT2D eigenvalue weighted by Gasteiger charge is 2.12. The minimum Gasteiger partial charge on any atom is -0.364 e. The average molecular weight is 193 g/mol. The predicted molar refractivity (Wildman–Crippen MR) is 50.6 cm³/mol. The molecule has 0 radical (unpaired) electrons. The lowest BCUT2D eigenvalue weighted by Crippen LogP contribution is -2.43. The number of primary amides is 1. The van der Waals surface area contributed by atoms with Crippen molar-refractivity contribution in [1.29, 1.82) is 0 Å². The van der Waals surface area contributed by atoms with Gasteiger partial charge in [0.25, 0.3) is 5.91 Å². The molecule has 0 aromatic carbocycles. The van der Waals surface area contributed by atoms with Crippen LogP contribution in [0.15, 0.2) is 18.3 Å². The molecule has 4 nitrogen and oxygen atoms in total. The van der Waals surface area contributed by atoms with E-state index in [2.05, 4.69) is 0 Å². The van der Waals surface area contributed by atoms with Crippen LogP contribution in [0.5, 0.6) is 0 Å². The summed E-state index contributed by atoms with van der Waals surface area (Å²) in [7, 11) is 0. The van der Waals surface area contributed by atoms with Gasteiger partial charge in [0.05, 0.1) is 5.56 Å². The van der Waals surface area contributed by atoms with Crippen LogP contribution in [0.3, 0.4) is 0 Å². The lowest BCUT2D eigenvalue weighted by atomic mass is 10.2. The molecule has 0 saturated carbocycles. The van der Waals surface area contributed by atoms with Crippen LogP contribution in [0, 0.1) is 6.92 Å². The first-order chi connectivity index (χ1) is 6.50. The van der Waals surface area contributed by atoms with Gasteiger partial charge in [-0.1, -0.05) is 0 Å². The molecule has 1 rings (SSSR count). The molecular formula is C10H13N2O2+. The maximum absolute atomic E-state index is 11.1. The highest BCUT2D eigenvalue weighted by molar-refractivity contribution is 5.93. The quantitative estimate of drug-likeness (QED) is 0.541. The molecule has 0 atom stereocenters. The Kier molecular flexibility index (Phi) is 2.96. The molecule has 1 aromatic rings. The maximum atomic E-state index is 11.1. The number of carbonyl (C=O) groups excluding carboxylic acids is 2. The fourth-order valence-electron chi connectivity index (χ4n) is 1.17. The van der Waals surface area contributed by atoms with Gasteiger partial charge in [0, 0.05) is 13.0 Å². The number of hydrogen-bond acceptors (Lipinski definition) is 2. The van der Waals surface area contributed by atoms with E-state index in [9.17, 15) is 9.59 Å². The second-order valence-corrected chi connectivity index (χ2v) is 3.21. The number of Topliss-reactive ketones (excluding diaryl/α,β-unsaturated/α-hetero) is 1. The SMILES string of the molecule is CC(=O)c1ccc(C)[n+](CC(N)=O)c1. The molecule has 1 amide bonds. The molecule has 14 heavy (non-hydrogen) atoms. The fraction of sp³-hybridized carbons (Fsp3) is 0.300. The van der Waals surface area contributed by atoms with Crippen molar-refractivity contribution in [2.24, 2.45) is 5.73 Å². The summed E-state index contributed by atoms with van der Waals surface area (Å²) in [4.78, 5) is 21.8. The molecular weight excluding hydrogens is 180 g/mol. The molecule has 0 spiro atoms. The van der Waals surface area contributed by atoms with Crippen molar-refractivity contribution in [3.05, 3.63) is 29.6 Å². The van der Waals surface area contributed by atoms with E-state index in [1.165, 1.54) is 6.92 Å². The summed E-state index contributed by atoms with van der Waals surface area (Å²) in [5, 5.41) is 0. The standard InChI is InChI=1S/C10H12N2O2/c1-7-3-4-9(8(2)13)5-12(7)6-10(11)14/h3-5H,6H2,1-2H3,(H-,11,14)/p+1. The molecule has 0 unspecified atom stereocenters. The van der Waals surface area contributed by atoms with Crippen LogP contribution in [0.25, 0.3) is 0 Å². The zero-order valence-electron chi connectivity index (χ0n) is 8.28. The van der Waals surface area contributed by atoms with Gasteiger partial charge in [0.2, 0.25) is 6.54 Å². The van der Waals surface area contributed by atoms with Crippen LogP contribution in [0.4, 0.5) is 0 Å². The molecule has 1 heterocycles. The van der Waals surface area contributed by atoms with Crippen LogP contribution < -0.4 is 10.3 Å². The molecule has 0 saturated heterocycles. The molecule has 0 aliphatic rings. The van der Waals surface area contributed by atoms with Crippen molar-refractivity contribution < 1.29 is 14.2 Å². The van der Waals surface area contributed by atoms with Crippen LogP contribution >= 0.6 is 0 Å². The van der Waals surface area contributed by atoms with Gasteiger partial charge in [-0.25, -0.2) is 0 Å². The Labute approximate surface area is 82.3 Å². The summed E-state index contributed by atoms with van der Waals surface area (Å²) >= 11 is 0. The van der Waals surface area contributed by atoms with Crippen molar-refractivity contribution in [3.63, 3.8) is 0 Å². The monoisotopic (exact) mass is 193 g/mol. The average Bonchev–Trinajstić information content (AvgIpc) is 2.07. The molecule has 0 aliphatic heterocycles. The highest BCUT2D eigenvalue weighted by Crippen LogP contribution is 1.98. The molecule has 0 fully saturated rings. The van der Waals surface area contributed by atoms with Crippen LogP contribution in [0.1, 0.15) is 23.0 Å². The number of pyridine rings is 1. The van der Waals surface area contributed by atoms with Gasteiger partial charge in [0.15, 0.2) is 17.7 Å². The van der Waals surface area contributed by atoms with Crippen molar-refractivity contribution in [1.82, 2.24) is 0 Å². The first kappa shape index (κ1) is 10.4. The van der Waals surface area contributed by atoms with E-state index < -0.39 is 5.91 Å². The Morgan fingerprint density at radius 2 is 2.07 bits per heavy atom. The van der Waals surface area contributed by atoms with Gasteiger partial charge in [-0.05, 0) is 13.0 Å². The molecule has 0 aliphatic carbocycles. The number of amides is 1. The Bertz CT molecular complexity index is 386. The summed E-state index contributed by atoms with van der Waals surface area (Å²) in [5.74, 6) is -0.443. The summed E-state index contributed by atoms with van der Waals surface area (Å²) in [6, 6.07) is 3.52. The zero-order valence-corrected chi connectivity index (χ0v) is 8.28. The second-order valence-electron chi connectivity index (χ2n) is 3.21. The molecule has 74 valence electrons. The smallest absolute Gasteiger partial charge is 0.283 e. The van der Waals surface area contributed by atoms with Crippen LogP contribution in [-0.2, 0) is 11.3 Å². The first-order valence-corrected chi connectivity index (χ1v) is 4.30. The zero-order chi connectivity index (χ0) is 10.7. The molecule has 0 bridgehead atoms. The van der Waals surface area contributed by atoms with E-state index in [-0.39, 0.29) is 12.3 Å². The second kappa shape index (κ2) is 4.00. The Balaban J connectivity index is 3.08. The number of hydrogen-bond donors (Lipinski definition) is 1. The van der Waals surface area contributed by atoms with Gasteiger partial charge in [0.1, 0.15) is 0 Å². The summed E-state index contributed by atoms with van der Waals surface area (Å²) in [6.45, 7) is 3.44. The third-order valence-corrected chi connectivity index (χ3v) is 1.98. The maximum Gasteiger partial charge on any atom is 0.283 e. The highest BCUT2D eigenvalue weighted by atomic mass is 16.1. The third kappa shape index (κ3) is 2.39. The number of ketones is 1. The third-order valence-electron chi connectivity index (χ3n) is 1.98. The van der Waals surface area contributed by atoms with Crippen molar-refractivity contribution in [2.45, 2.75) is 20.4 Å². The van der Waals surface area contributed by atoms with Gasteiger partial charge in [-0.3, -0.25) is 9.59 Å². The van der Waals surface area contributed by atoms with Crippen LogP contribution in [-0.4, -0.2) is 11.7 Å². The van der Waals surface area contributed by atoms with E-state index >= 15 is 0 Å². The number of aryl methyl sites for hydroxylation is 1. The summed E-state index contributed by atoms with van der Waals surface area (Å²) < 4.78 is 1.67. The minimum atomic E-state index is -0.418. The Hall–Kier alpha value is -1.71. The fourth-order valence-corrected chi connectivity index (χ4v) is 1.17. The largest absolute Gasteiger partial charge is 0.364 e. The lowest BCUT2D eigenvalue weighted by molar-refractivity contribution is -0.690. The normalized spacial score (nSPS) is 9.86. The van der Waals surface area contributed by atoms with Gasteiger partial charge in [-0.15, -0.1) is 0 Å². The Morgan fingerprint density at radius 3 is 2.57 bits per heavy atom. The topological polar surface area (TPSA) is 64.0 Å². The number of nitrogens with zero attached hydrogens (tertiary/aromatic N) is 1. The van der Waals surface area contributed by atoms with E-state index in [0.717, 1.165) is 5.69 Å². The van der Waals surface area contributed by atoms with Gasteiger partial charge >= 0.3 is 0 Å². The number of aromatic nitrogens is 1. The van der Waals surface area contributed by atoms with Crippen LogP contribution in [0.2, 0.25) is 0 Å². The van der Waals surface area contributed by atoms with E-state index in [4.69, 9.17) is 5.73 Å². The number of nitrogens with two attached hydrogens (primary N) is 1. The van der Waals surface area contributed by atoms with Crippen molar-refractivity contribution in [2.75, 3.05) is 0 Å². The van der Waals surface area contributed by atoms with E-state index in [1.807, 2.05) is 6.92 Å². The van der Waals surface area contributed by atoms with E-state index in [0.29, 0.717) is 5.56 Å². The van der Waals surface area contributed by atoms with Crippen molar-refractivity contribution in [3.8, 4) is 0 Å². The van der Waals surface area contributed by atoms with Gasteiger partial charge in [-0.2, -0.15) is 4.57 Å². The molecule has 1 aromatic heterocycles. The summed E-state index contributed by atoms with van der Waals surface area (Å²) in [5.41, 5.74) is 6.55. The number of rotatable bonds is 3. The lowest BCUT2D eigenvalue weighted by Gasteiger charge is -1.99. The predicted octanol–water partition coefficient (Wildman–Crippen LogP) is -0.0296. The Morgan fingerprint density at radius 1 is 1.43 bits per heavy atom. The number of carbonyl (C=O) groups is 2. The summed E-state index contributed by atoms with van der Waals surface area (Å²) in [6.07, 6.45) is 1.64. The van der Waals surface area contributed by atoms with Gasteiger partial charge < -0.3 is 5.73 Å². The van der Waals surface area contributed by atoms with Crippen molar-refractivity contribution >= 4 is 11.7 Å². The molecule has 4 heteroatoms. The first-order valence-electron chi connectivity index (χ1n) is 4.30. The molecule has 2 N–H and O–H groups in total. The van der Waals surface area contributed by atoms with E-state index in [1.54, 1.807) is 22.9 Å².